The van der Waals surface area contributed by atoms with Gasteiger partial charge >= 0.3 is 6.18 Å². The van der Waals surface area contributed by atoms with E-state index < -0.39 is 17.8 Å². The first-order chi connectivity index (χ1) is 13.2. The van der Waals surface area contributed by atoms with Gasteiger partial charge in [0.05, 0.1) is 22.6 Å². The Balaban J connectivity index is 2.01. The third-order valence-corrected chi connectivity index (χ3v) is 5.00. The number of nitrogens with one attached hydrogen (secondary N) is 1. The topological polar surface area (TPSA) is 108 Å². The lowest BCUT2D eigenvalue weighted by molar-refractivity contribution is -0.137. The van der Waals surface area contributed by atoms with Crippen molar-refractivity contribution < 1.29 is 13.2 Å². The van der Waals surface area contributed by atoms with Crippen LogP contribution in [0.5, 0.6) is 0 Å². The molecule has 3 rings (SSSR count). The normalized spacial score (nSPS) is 12.8. The highest BCUT2D eigenvalue weighted by Gasteiger charge is 2.31. The number of hydrogen-bond acceptors (Lipinski definition) is 7. The zero-order valence-electron chi connectivity index (χ0n) is 15.2. The number of H-pyrrole nitrogens is 1. The van der Waals surface area contributed by atoms with E-state index in [9.17, 15) is 18.4 Å². The van der Waals surface area contributed by atoms with Gasteiger partial charge in [0.1, 0.15) is 22.5 Å². The van der Waals surface area contributed by atoms with Gasteiger partial charge in [-0.25, -0.2) is 9.97 Å². The summed E-state index contributed by atoms with van der Waals surface area (Å²) in [6, 6.07) is 5.00. The first-order valence-corrected chi connectivity index (χ1v) is 9.29. The zero-order valence-corrected chi connectivity index (χ0v) is 16.0. The summed E-state index contributed by atoms with van der Waals surface area (Å²) in [6.45, 7) is 1.79. The van der Waals surface area contributed by atoms with E-state index in [-0.39, 0.29) is 17.0 Å². The second-order valence-corrected chi connectivity index (χ2v) is 6.84. The predicted molar refractivity (Wildman–Crippen MR) is 101 cm³/mol. The molecular weight excluding hydrogens is 391 g/mol. The van der Waals surface area contributed by atoms with Crippen LogP contribution in [-0.4, -0.2) is 33.2 Å². The smallest absolute Gasteiger partial charge is 0.368 e. The lowest BCUT2D eigenvalue weighted by Gasteiger charge is -2.25. The number of hydrogen-bond donors (Lipinski definition) is 2. The van der Waals surface area contributed by atoms with Crippen molar-refractivity contribution >= 4 is 34.6 Å². The van der Waals surface area contributed by atoms with Crippen LogP contribution in [0, 0.1) is 11.3 Å². The summed E-state index contributed by atoms with van der Waals surface area (Å²) in [6.07, 6.45) is -2.66. The summed E-state index contributed by atoms with van der Waals surface area (Å²) in [5, 5.41) is 9.95. The molecule has 0 bridgehead atoms. The standard InChI is InChI=1S/C17H16F3N7S/c1-8(27(2)14-10(7-21)15(28-3)26-16(22)25-14)13-23-11-5-4-9(17(18,19)20)6-12(11)24-13/h4-6,8H,1-3H3,(H,23,24)(H2,22,25,26). The predicted octanol–water partition coefficient (Wildman–Crippen LogP) is 3.74. The number of nitrogens with two attached hydrogens (primary N) is 1. The van der Waals surface area contributed by atoms with E-state index >= 15 is 0 Å². The Morgan fingerprint density at radius 3 is 2.61 bits per heavy atom. The lowest BCUT2D eigenvalue weighted by Crippen LogP contribution is -2.25. The Morgan fingerprint density at radius 2 is 2.00 bits per heavy atom. The highest BCUT2D eigenvalue weighted by Crippen LogP contribution is 2.33. The minimum absolute atomic E-state index is 0.0248. The van der Waals surface area contributed by atoms with E-state index in [1.165, 1.54) is 17.8 Å². The van der Waals surface area contributed by atoms with Gasteiger partial charge in [-0.05, 0) is 31.4 Å². The quantitative estimate of drug-likeness (QED) is 0.501. The average Bonchev–Trinajstić information content (AvgIpc) is 3.08. The first kappa shape index (κ1) is 19.8. The van der Waals surface area contributed by atoms with Crippen LogP contribution in [0.3, 0.4) is 0 Å². The summed E-state index contributed by atoms with van der Waals surface area (Å²) in [5.74, 6) is 0.781. The zero-order chi connectivity index (χ0) is 20.6. The summed E-state index contributed by atoms with van der Waals surface area (Å²) in [4.78, 5) is 17.2. The van der Waals surface area contributed by atoms with E-state index in [4.69, 9.17) is 5.73 Å². The second kappa shape index (κ2) is 7.20. The number of halogens is 3. The molecule has 0 saturated heterocycles. The number of fused-ring (bicyclic) bond motifs is 1. The van der Waals surface area contributed by atoms with Gasteiger partial charge in [0.25, 0.3) is 0 Å². The molecule has 1 atom stereocenters. The molecule has 0 amide bonds. The number of aromatic amines is 1. The summed E-state index contributed by atoms with van der Waals surface area (Å²) in [5.41, 5.74) is 5.96. The molecule has 0 saturated carbocycles. The maximum absolute atomic E-state index is 12.9. The Hall–Kier alpha value is -3.00. The van der Waals surface area contributed by atoms with Crippen LogP contribution in [0.15, 0.2) is 23.2 Å². The van der Waals surface area contributed by atoms with E-state index in [0.29, 0.717) is 22.2 Å². The van der Waals surface area contributed by atoms with Crippen molar-refractivity contribution in [3.05, 3.63) is 35.2 Å². The molecule has 1 aromatic carbocycles. The van der Waals surface area contributed by atoms with Crippen LogP contribution >= 0.6 is 11.8 Å². The van der Waals surface area contributed by atoms with Crippen molar-refractivity contribution in [3.63, 3.8) is 0 Å². The first-order valence-electron chi connectivity index (χ1n) is 8.07. The van der Waals surface area contributed by atoms with E-state index in [1.54, 1.807) is 25.1 Å². The number of nitriles is 1. The molecule has 0 fully saturated rings. The largest absolute Gasteiger partial charge is 0.416 e. The van der Waals surface area contributed by atoms with Gasteiger partial charge in [-0.15, -0.1) is 11.8 Å². The monoisotopic (exact) mass is 407 g/mol. The number of alkyl halides is 3. The SMILES string of the molecule is CSc1nc(N)nc(N(C)C(C)c2nc3ccc(C(F)(F)F)cc3[nH]2)c1C#N. The molecule has 1 unspecified atom stereocenters. The van der Waals surface area contributed by atoms with E-state index in [1.807, 2.05) is 0 Å². The molecule has 0 spiro atoms. The van der Waals surface area contributed by atoms with Crippen LogP contribution in [0.25, 0.3) is 11.0 Å². The van der Waals surface area contributed by atoms with Gasteiger partial charge in [-0.1, -0.05) is 0 Å². The molecule has 0 aliphatic heterocycles. The summed E-state index contributed by atoms with van der Waals surface area (Å²) in [7, 11) is 1.70. The van der Waals surface area contributed by atoms with Gasteiger partial charge in [-0.3, -0.25) is 0 Å². The third kappa shape index (κ3) is 3.55. The molecule has 0 aliphatic rings. The van der Waals surface area contributed by atoms with Gasteiger partial charge in [0.15, 0.2) is 5.82 Å². The molecule has 3 aromatic rings. The van der Waals surface area contributed by atoms with E-state index in [2.05, 4.69) is 26.0 Å². The number of imidazole rings is 1. The Bertz CT molecular complexity index is 1070. The van der Waals surface area contributed by atoms with Crippen LogP contribution in [-0.2, 0) is 6.18 Å². The fourth-order valence-corrected chi connectivity index (χ4v) is 3.24. The number of thioether (sulfide) groups is 1. The molecule has 2 heterocycles. The number of benzene rings is 1. The Kier molecular flexibility index (Phi) is 5.08. The maximum atomic E-state index is 12.9. The van der Waals surface area contributed by atoms with Crippen molar-refractivity contribution in [2.45, 2.75) is 24.2 Å². The van der Waals surface area contributed by atoms with Gasteiger partial charge in [-0.2, -0.15) is 23.4 Å². The molecule has 2 aromatic heterocycles. The number of rotatable bonds is 4. The van der Waals surface area contributed by atoms with E-state index in [0.717, 1.165) is 12.1 Å². The summed E-state index contributed by atoms with van der Waals surface area (Å²) >= 11 is 1.27. The molecular formula is C17H16F3N7S. The fraction of sp³-hybridized carbons (Fsp3) is 0.294. The Labute approximate surface area is 162 Å². The van der Waals surface area contributed by atoms with Crippen molar-refractivity contribution in [3.8, 4) is 6.07 Å². The van der Waals surface area contributed by atoms with Crippen molar-refractivity contribution in [2.24, 2.45) is 0 Å². The van der Waals surface area contributed by atoms with Crippen LogP contribution in [0.1, 0.15) is 29.9 Å². The number of aromatic nitrogens is 4. The fourth-order valence-electron chi connectivity index (χ4n) is 2.72. The van der Waals surface area contributed by atoms with Crippen LogP contribution < -0.4 is 10.6 Å². The van der Waals surface area contributed by atoms with Crippen molar-refractivity contribution in [1.82, 2.24) is 19.9 Å². The molecule has 28 heavy (non-hydrogen) atoms. The Morgan fingerprint density at radius 1 is 1.29 bits per heavy atom. The molecule has 0 aliphatic carbocycles. The third-order valence-electron chi connectivity index (χ3n) is 4.32. The number of nitrogen functional groups attached to an aromatic ring is 1. The van der Waals surface area contributed by atoms with Gasteiger partial charge in [0, 0.05) is 7.05 Å². The van der Waals surface area contributed by atoms with Crippen LogP contribution in [0.4, 0.5) is 24.9 Å². The van der Waals surface area contributed by atoms with Crippen molar-refractivity contribution in [1.29, 1.82) is 5.26 Å². The molecule has 3 N–H and O–H groups in total. The maximum Gasteiger partial charge on any atom is 0.416 e. The number of nitrogens with zero attached hydrogens (tertiary/aromatic N) is 5. The minimum Gasteiger partial charge on any atom is -0.368 e. The van der Waals surface area contributed by atoms with Crippen molar-refractivity contribution in [2.75, 3.05) is 23.9 Å². The molecule has 146 valence electrons. The molecule has 0 radical (unpaired) electrons. The van der Waals surface area contributed by atoms with Gasteiger partial charge < -0.3 is 15.6 Å². The second-order valence-electron chi connectivity index (χ2n) is 6.04. The average molecular weight is 407 g/mol. The van der Waals surface area contributed by atoms with Crippen LogP contribution in [0.2, 0.25) is 0 Å². The van der Waals surface area contributed by atoms with Gasteiger partial charge in [0.2, 0.25) is 5.95 Å². The minimum atomic E-state index is -4.43. The summed E-state index contributed by atoms with van der Waals surface area (Å²) < 4.78 is 38.8. The highest BCUT2D eigenvalue weighted by molar-refractivity contribution is 7.98. The molecule has 7 nitrogen and oxygen atoms in total. The molecule has 11 heteroatoms. The number of anilines is 2. The lowest BCUT2D eigenvalue weighted by atomic mass is 10.2. The highest BCUT2D eigenvalue weighted by atomic mass is 32.2.